The quantitative estimate of drug-likeness (QED) is 0.709. The molecule has 12 heavy (non-hydrogen) atoms. The molecule has 2 nitrogen and oxygen atoms in total. The summed E-state index contributed by atoms with van der Waals surface area (Å²) in [6, 6.07) is 4.63. The van der Waals surface area contributed by atoms with Crippen molar-refractivity contribution < 1.29 is 0 Å². The normalized spacial score (nSPS) is 22.8. The number of pyridine rings is 1. The third-order valence-electron chi connectivity index (χ3n) is 2.18. The van der Waals surface area contributed by atoms with Crippen LogP contribution in [0.2, 0.25) is 0 Å². The van der Waals surface area contributed by atoms with Gasteiger partial charge in [0, 0.05) is 24.9 Å². The van der Waals surface area contributed by atoms with Crippen molar-refractivity contribution >= 4 is 0 Å². The Morgan fingerprint density at radius 2 is 2.58 bits per heavy atom. The van der Waals surface area contributed by atoms with Crippen molar-refractivity contribution in [2.24, 2.45) is 0 Å². The summed E-state index contributed by atoms with van der Waals surface area (Å²) in [6.07, 6.45) is 8.51. The molecule has 0 bridgehead atoms. The number of aromatic nitrogens is 1. The van der Waals surface area contributed by atoms with E-state index in [1.165, 1.54) is 18.4 Å². The highest BCUT2D eigenvalue weighted by Crippen LogP contribution is 2.12. The van der Waals surface area contributed by atoms with E-state index in [1.807, 2.05) is 12.3 Å². The molecule has 1 aromatic heterocycles. The first kappa shape index (κ1) is 7.74. The van der Waals surface area contributed by atoms with Crippen LogP contribution in [0.15, 0.2) is 24.5 Å². The Labute approximate surface area is 73.0 Å². The molecule has 0 spiro atoms. The summed E-state index contributed by atoms with van der Waals surface area (Å²) >= 11 is 0. The van der Waals surface area contributed by atoms with Crippen molar-refractivity contribution in [3.63, 3.8) is 0 Å². The molecule has 0 amide bonds. The minimum atomic E-state index is 0.564. The van der Waals surface area contributed by atoms with Gasteiger partial charge in [0.05, 0.1) is 0 Å². The molecule has 1 radical (unpaired) electrons. The van der Waals surface area contributed by atoms with E-state index >= 15 is 0 Å². The van der Waals surface area contributed by atoms with Gasteiger partial charge in [-0.1, -0.05) is 6.07 Å². The summed E-state index contributed by atoms with van der Waals surface area (Å²) in [5.41, 5.74) is 1.22. The van der Waals surface area contributed by atoms with Crippen LogP contribution in [-0.2, 0) is 0 Å². The summed E-state index contributed by atoms with van der Waals surface area (Å²) < 4.78 is 0. The highest BCUT2D eigenvalue weighted by atomic mass is 14.9. The minimum absolute atomic E-state index is 0.564. The molecule has 0 aliphatic carbocycles. The molecule has 2 rings (SSSR count). The average molecular weight is 161 g/mol. The molecule has 0 aromatic carbocycles. The van der Waals surface area contributed by atoms with Crippen molar-refractivity contribution in [1.29, 1.82) is 0 Å². The topological polar surface area (TPSA) is 24.9 Å². The van der Waals surface area contributed by atoms with Gasteiger partial charge in [0.2, 0.25) is 0 Å². The van der Waals surface area contributed by atoms with Gasteiger partial charge >= 0.3 is 0 Å². The summed E-state index contributed by atoms with van der Waals surface area (Å²) in [4.78, 5) is 4.07. The van der Waals surface area contributed by atoms with Crippen LogP contribution in [0.25, 0.3) is 0 Å². The lowest BCUT2D eigenvalue weighted by Gasteiger charge is -2.07. The van der Waals surface area contributed by atoms with E-state index < -0.39 is 0 Å². The van der Waals surface area contributed by atoms with Gasteiger partial charge < -0.3 is 5.32 Å². The van der Waals surface area contributed by atoms with Gasteiger partial charge in [-0.25, -0.2) is 0 Å². The van der Waals surface area contributed by atoms with E-state index in [-0.39, 0.29) is 0 Å². The number of nitrogens with zero attached hydrogens (tertiary/aromatic N) is 1. The Hall–Kier alpha value is -0.890. The molecule has 0 saturated carbocycles. The Bertz CT molecular complexity index is 227. The molecule has 1 aliphatic heterocycles. The lowest BCUT2D eigenvalue weighted by Crippen LogP contribution is -2.21. The zero-order valence-corrected chi connectivity index (χ0v) is 7.03. The van der Waals surface area contributed by atoms with E-state index in [0.717, 1.165) is 6.54 Å². The third kappa shape index (κ3) is 1.83. The maximum Gasteiger partial charge on any atom is 0.0303 e. The number of nitrogens with one attached hydrogen (secondary N) is 1. The molecule has 1 saturated heterocycles. The summed E-state index contributed by atoms with van der Waals surface area (Å²) in [5.74, 6) is 0. The first-order valence-electron chi connectivity index (χ1n) is 4.43. The van der Waals surface area contributed by atoms with E-state index in [1.54, 1.807) is 6.20 Å². The molecule has 1 fully saturated rings. The molecule has 1 atom stereocenters. The van der Waals surface area contributed by atoms with Crippen LogP contribution in [-0.4, -0.2) is 17.6 Å². The standard InChI is InChI=1S/C10H13N2/c1-3-9(8-11-5-1)7-10-4-2-6-12-10/h1,3,5,7-8,10,12H,2,4,6H2/t10-/m1/s1. The number of hydrogen-bond donors (Lipinski definition) is 1. The first-order valence-corrected chi connectivity index (χ1v) is 4.43. The van der Waals surface area contributed by atoms with E-state index in [0.29, 0.717) is 6.04 Å². The fourth-order valence-electron chi connectivity index (χ4n) is 1.56. The molecular formula is C10H13N2. The molecule has 63 valence electrons. The molecule has 0 unspecified atom stereocenters. The molecule has 2 heteroatoms. The van der Waals surface area contributed by atoms with E-state index in [9.17, 15) is 0 Å². The lowest BCUT2D eigenvalue weighted by atomic mass is 10.1. The van der Waals surface area contributed by atoms with Crippen LogP contribution in [0.3, 0.4) is 0 Å². The highest BCUT2D eigenvalue weighted by Gasteiger charge is 2.14. The van der Waals surface area contributed by atoms with Gasteiger partial charge in [-0.15, -0.1) is 0 Å². The predicted molar refractivity (Wildman–Crippen MR) is 48.7 cm³/mol. The van der Waals surface area contributed by atoms with Crippen LogP contribution in [0.1, 0.15) is 18.4 Å². The second kappa shape index (κ2) is 3.68. The summed E-state index contributed by atoms with van der Waals surface area (Å²) in [5, 5.41) is 3.42. The smallest absolute Gasteiger partial charge is 0.0303 e. The van der Waals surface area contributed by atoms with Crippen molar-refractivity contribution in [2.45, 2.75) is 18.9 Å². The monoisotopic (exact) mass is 161 g/mol. The van der Waals surface area contributed by atoms with Gasteiger partial charge in [0.1, 0.15) is 0 Å². The van der Waals surface area contributed by atoms with Crippen molar-refractivity contribution in [2.75, 3.05) is 6.54 Å². The SMILES string of the molecule is [CH](c1cccnc1)[C@H]1CCCN1. The number of rotatable bonds is 2. The van der Waals surface area contributed by atoms with Gasteiger partial charge in [-0.3, -0.25) is 4.98 Å². The second-order valence-corrected chi connectivity index (χ2v) is 3.16. The lowest BCUT2D eigenvalue weighted by molar-refractivity contribution is 0.692. The maximum absolute atomic E-state index is 4.07. The van der Waals surface area contributed by atoms with Crippen molar-refractivity contribution in [1.82, 2.24) is 10.3 Å². The van der Waals surface area contributed by atoms with Crippen LogP contribution in [0.5, 0.6) is 0 Å². The molecular weight excluding hydrogens is 148 g/mol. The summed E-state index contributed by atoms with van der Waals surface area (Å²) in [6.45, 7) is 1.15. The van der Waals surface area contributed by atoms with Gasteiger partial charge in [-0.05, 0) is 31.0 Å². The maximum atomic E-state index is 4.07. The zero-order chi connectivity index (χ0) is 8.23. The Morgan fingerprint density at radius 1 is 1.58 bits per heavy atom. The fourth-order valence-corrected chi connectivity index (χ4v) is 1.56. The van der Waals surface area contributed by atoms with E-state index in [4.69, 9.17) is 0 Å². The summed E-state index contributed by atoms with van der Waals surface area (Å²) in [7, 11) is 0. The van der Waals surface area contributed by atoms with Crippen LogP contribution >= 0.6 is 0 Å². The molecule has 1 aromatic rings. The van der Waals surface area contributed by atoms with Crippen LogP contribution in [0, 0.1) is 6.42 Å². The van der Waals surface area contributed by atoms with Gasteiger partial charge in [-0.2, -0.15) is 0 Å². The van der Waals surface area contributed by atoms with Gasteiger partial charge in [0.25, 0.3) is 0 Å². The van der Waals surface area contributed by atoms with Crippen molar-refractivity contribution in [3.8, 4) is 0 Å². The first-order chi connectivity index (χ1) is 5.95. The van der Waals surface area contributed by atoms with Crippen LogP contribution < -0.4 is 5.32 Å². The molecule has 1 N–H and O–H groups in total. The van der Waals surface area contributed by atoms with Gasteiger partial charge in [0.15, 0.2) is 0 Å². The largest absolute Gasteiger partial charge is 0.313 e. The van der Waals surface area contributed by atoms with E-state index in [2.05, 4.69) is 22.8 Å². The van der Waals surface area contributed by atoms with Crippen LogP contribution in [0.4, 0.5) is 0 Å². The van der Waals surface area contributed by atoms with Crippen molar-refractivity contribution in [3.05, 3.63) is 36.5 Å². The fraction of sp³-hybridized carbons (Fsp3) is 0.400. The highest BCUT2D eigenvalue weighted by molar-refractivity contribution is 5.21. The predicted octanol–water partition coefficient (Wildman–Crippen LogP) is 1.39. The average Bonchev–Trinajstić information content (AvgIpc) is 2.59. The third-order valence-corrected chi connectivity index (χ3v) is 2.18. The zero-order valence-electron chi connectivity index (χ0n) is 7.03. The Morgan fingerprint density at radius 3 is 3.25 bits per heavy atom. The molecule has 2 heterocycles. The Kier molecular flexibility index (Phi) is 2.37. The Balaban J connectivity index is 1.94. The second-order valence-electron chi connectivity index (χ2n) is 3.16. The number of hydrogen-bond acceptors (Lipinski definition) is 2. The molecule has 1 aliphatic rings. The minimum Gasteiger partial charge on any atom is -0.313 e.